The van der Waals surface area contributed by atoms with Crippen LogP contribution in [0.15, 0.2) is 30.3 Å². The topological polar surface area (TPSA) is 47.3 Å². The van der Waals surface area contributed by atoms with Crippen LogP contribution in [-0.2, 0) is 4.79 Å². The summed E-state index contributed by atoms with van der Waals surface area (Å²) in [6.07, 6.45) is 1.96. The fraction of sp³-hybridized carbons (Fsp3) is 0.500. The highest BCUT2D eigenvalue weighted by Crippen LogP contribution is 2.21. The maximum Gasteiger partial charge on any atom is 0.244 e. The van der Waals surface area contributed by atoms with Crippen molar-refractivity contribution in [3.8, 4) is 6.07 Å². The van der Waals surface area contributed by atoms with Crippen molar-refractivity contribution in [2.75, 3.05) is 27.2 Å². The van der Waals surface area contributed by atoms with E-state index in [9.17, 15) is 10.1 Å². The van der Waals surface area contributed by atoms with Gasteiger partial charge in [0, 0.05) is 19.1 Å². The number of carbonyl (C=O) groups is 1. The van der Waals surface area contributed by atoms with Crippen LogP contribution in [0.1, 0.15) is 24.3 Å². The zero-order chi connectivity index (χ0) is 14.5. The van der Waals surface area contributed by atoms with Gasteiger partial charge in [0.25, 0.3) is 0 Å². The zero-order valence-corrected chi connectivity index (χ0v) is 12.1. The zero-order valence-electron chi connectivity index (χ0n) is 12.1. The minimum absolute atomic E-state index is 0.0593. The van der Waals surface area contributed by atoms with E-state index in [1.54, 1.807) is 0 Å². The number of amides is 1. The Morgan fingerprint density at radius 1 is 1.30 bits per heavy atom. The summed E-state index contributed by atoms with van der Waals surface area (Å²) < 4.78 is 0. The molecule has 1 unspecified atom stereocenters. The fourth-order valence-corrected chi connectivity index (χ4v) is 2.70. The molecule has 0 saturated carbocycles. The molecule has 4 heteroatoms. The number of hydrogen-bond donors (Lipinski definition) is 0. The van der Waals surface area contributed by atoms with Crippen LogP contribution in [-0.4, -0.2) is 48.9 Å². The van der Waals surface area contributed by atoms with E-state index < -0.39 is 5.92 Å². The first-order chi connectivity index (χ1) is 9.63. The van der Waals surface area contributed by atoms with Crippen molar-refractivity contribution in [3.05, 3.63) is 35.9 Å². The Hall–Kier alpha value is -1.86. The Labute approximate surface area is 120 Å². The van der Waals surface area contributed by atoms with Crippen molar-refractivity contribution in [1.82, 2.24) is 9.80 Å². The largest absolute Gasteiger partial charge is 0.341 e. The standard InChI is InChI=1S/C16H21N3O/c1-18(2)14-8-10-19(11-9-14)16(20)15(12-17)13-6-4-3-5-7-13/h3-7,14-15H,8-11H2,1-2H3. The minimum atomic E-state index is -0.674. The highest BCUT2D eigenvalue weighted by molar-refractivity contribution is 5.86. The lowest BCUT2D eigenvalue weighted by Gasteiger charge is -2.36. The maximum absolute atomic E-state index is 12.5. The molecule has 1 aromatic rings. The summed E-state index contributed by atoms with van der Waals surface area (Å²) in [7, 11) is 4.15. The van der Waals surface area contributed by atoms with Crippen molar-refractivity contribution in [2.45, 2.75) is 24.8 Å². The molecule has 0 spiro atoms. The first kappa shape index (κ1) is 14.5. The molecular weight excluding hydrogens is 250 g/mol. The molecule has 1 aromatic carbocycles. The molecule has 1 aliphatic rings. The summed E-state index contributed by atoms with van der Waals surface area (Å²) in [5.74, 6) is -0.733. The van der Waals surface area contributed by atoms with Crippen molar-refractivity contribution in [3.63, 3.8) is 0 Å². The number of carbonyl (C=O) groups excluding carboxylic acids is 1. The van der Waals surface area contributed by atoms with Gasteiger partial charge in [-0.3, -0.25) is 4.79 Å². The summed E-state index contributed by atoms with van der Waals surface area (Å²) in [6, 6.07) is 12.0. The minimum Gasteiger partial charge on any atom is -0.341 e. The van der Waals surface area contributed by atoms with Gasteiger partial charge >= 0.3 is 0 Å². The molecule has 0 bridgehead atoms. The van der Waals surface area contributed by atoms with Crippen LogP contribution >= 0.6 is 0 Å². The second-order valence-electron chi connectivity index (χ2n) is 5.49. The van der Waals surface area contributed by atoms with E-state index in [4.69, 9.17) is 0 Å². The third-order valence-electron chi connectivity index (χ3n) is 4.02. The molecule has 2 rings (SSSR count). The van der Waals surface area contributed by atoms with Crippen LogP contribution in [0.2, 0.25) is 0 Å². The first-order valence-electron chi connectivity index (χ1n) is 7.03. The molecule has 1 amide bonds. The smallest absolute Gasteiger partial charge is 0.244 e. The van der Waals surface area contributed by atoms with Gasteiger partial charge in [-0.15, -0.1) is 0 Å². The lowest BCUT2D eigenvalue weighted by Crippen LogP contribution is -2.45. The van der Waals surface area contributed by atoms with Crippen LogP contribution < -0.4 is 0 Å². The molecule has 0 N–H and O–H groups in total. The summed E-state index contributed by atoms with van der Waals surface area (Å²) in [5, 5.41) is 9.32. The van der Waals surface area contributed by atoms with Gasteiger partial charge in [-0.05, 0) is 32.5 Å². The predicted octanol–water partition coefficient (Wildman–Crippen LogP) is 1.85. The Morgan fingerprint density at radius 2 is 1.90 bits per heavy atom. The normalized spacial score (nSPS) is 17.8. The molecule has 1 fully saturated rings. The van der Waals surface area contributed by atoms with E-state index in [2.05, 4.69) is 25.1 Å². The fourth-order valence-electron chi connectivity index (χ4n) is 2.70. The van der Waals surface area contributed by atoms with Crippen molar-refractivity contribution in [2.24, 2.45) is 0 Å². The van der Waals surface area contributed by atoms with Crippen LogP contribution in [0, 0.1) is 11.3 Å². The average molecular weight is 271 g/mol. The molecule has 1 heterocycles. The van der Waals surface area contributed by atoms with Gasteiger partial charge in [0.2, 0.25) is 5.91 Å². The number of rotatable bonds is 3. The van der Waals surface area contributed by atoms with Crippen LogP contribution in [0.25, 0.3) is 0 Å². The summed E-state index contributed by atoms with van der Waals surface area (Å²) in [4.78, 5) is 16.5. The van der Waals surface area contributed by atoms with Gasteiger partial charge in [0.1, 0.15) is 5.92 Å². The molecule has 0 aromatic heterocycles. The highest BCUT2D eigenvalue weighted by atomic mass is 16.2. The molecule has 106 valence electrons. The van der Waals surface area contributed by atoms with Gasteiger partial charge in [-0.2, -0.15) is 5.26 Å². The van der Waals surface area contributed by atoms with Crippen molar-refractivity contribution in [1.29, 1.82) is 5.26 Å². The van der Waals surface area contributed by atoms with Crippen LogP contribution in [0.4, 0.5) is 0 Å². The summed E-state index contributed by atoms with van der Waals surface area (Å²) in [6.45, 7) is 1.49. The molecular formula is C16H21N3O. The van der Waals surface area contributed by atoms with Gasteiger partial charge in [-0.25, -0.2) is 0 Å². The molecule has 0 aliphatic carbocycles. The first-order valence-corrected chi connectivity index (χ1v) is 7.03. The van der Waals surface area contributed by atoms with E-state index in [1.807, 2.05) is 35.2 Å². The van der Waals surface area contributed by atoms with E-state index in [0.29, 0.717) is 6.04 Å². The second kappa shape index (κ2) is 6.53. The Morgan fingerprint density at radius 3 is 2.40 bits per heavy atom. The Balaban J connectivity index is 2.03. The van der Waals surface area contributed by atoms with Crippen LogP contribution in [0.3, 0.4) is 0 Å². The number of nitrogens with zero attached hydrogens (tertiary/aromatic N) is 3. The van der Waals surface area contributed by atoms with E-state index >= 15 is 0 Å². The van der Waals surface area contributed by atoms with Crippen molar-refractivity contribution < 1.29 is 4.79 Å². The van der Waals surface area contributed by atoms with E-state index in [0.717, 1.165) is 31.5 Å². The predicted molar refractivity (Wildman–Crippen MR) is 78.1 cm³/mol. The lowest BCUT2D eigenvalue weighted by atomic mass is 9.97. The van der Waals surface area contributed by atoms with Gasteiger partial charge < -0.3 is 9.80 Å². The molecule has 0 radical (unpaired) electrons. The highest BCUT2D eigenvalue weighted by Gasteiger charge is 2.29. The number of piperidine rings is 1. The molecule has 1 aliphatic heterocycles. The number of likely N-dealkylation sites (tertiary alicyclic amines) is 1. The maximum atomic E-state index is 12.5. The van der Waals surface area contributed by atoms with E-state index in [-0.39, 0.29) is 5.91 Å². The summed E-state index contributed by atoms with van der Waals surface area (Å²) >= 11 is 0. The van der Waals surface area contributed by atoms with Gasteiger partial charge in [0.05, 0.1) is 6.07 Å². The monoisotopic (exact) mass is 271 g/mol. The number of nitriles is 1. The van der Waals surface area contributed by atoms with E-state index in [1.165, 1.54) is 0 Å². The lowest BCUT2D eigenvalue weighted by molar-refractivity contribution is -0.133. The van der Waals surface area contributed by atoms with Crippen LogP contribution in [0.5, 0.6) is 0 Å². The van der Waals surface area contributed by atoms with Gasteiger partial charge in [-0.1, -0.05) is 30.3 Å². The molecule has 4 nitrogen and oxygen atoms in total. The van der Waals surface area contributed by atoms with Crippen molar-refractivity contribution >= 4 is 5.91 Å². The summed E-state index contributed by atoms with van der Waals surface area (Å²) in [5.41, 5.74) is 0.787. The third kappa shape index (κ3) is 3.17. The Kier molecular flexibility index (Phi) is 4.75. The number of benzene rings is 1. The van der Waals surface area contributed by atoms with Gasteiger partial charge in [0.15, 0.2) is 0 Å². The molecule has 20 heavy (non-hydrogen) atoms. The average Bonchev–Trinajstić information content (AvgIpc) is 2.49. The Bertz CT molecular complexity index is 484. The third-order valence-corrected chi connectivity index (χ3v) is 4.02. The number of hydrogen-bond acceptors (Lipinski definition) is 3. The second-order valence-corrected chi connectivity index (χ2v) is 5.49. The quantitative estimate of drug-likeness (QED) is 0.843. The SMILES string of the molecule is CN(C)C1CCN(C(=O)C(C#N)c2ccccc2)CC1. The molecule has 1 atom stereocenters. The molecule has 1 saturated heterocycles.